The highest BCUT2D eigenvalue weighted by Crippen LogP contribution is 2.36. The lowest BCUT2D eigenvalue weighted by molar-refractivity contribution is -0.141. The number of halogens is 6. The SMILES string of the molecule is CCc1c(F)cc(F)c(F)c1C(F)(F)F. The number of benzene rings is 1. The van der Waals surface area contributed by atoms with Crippen molar-refractivity contribution in [3.63, 3.8) is 0 Å². The Hall–Kier alpha value is -1.20. The Labute approximate surface area is 81.5 Å². The van der Waals surface area contributed by atoms with Gasteiger partial charge in [0.05, 0.1) is 0 Å². The molecule has 0 aromatic heterocycles. The van der Waals surface area contributed by atoms with E-state index in [1.54, 1.807) is 0 Å². The molecule has 0 spiro atoms. The minimum absolute atomic E-state index is 0.114. The number of hydrogen-bond acceptors (Lipinski definition) is 0. The van der Waals surface area contributed by atoms with E-state index < -0.39 is 34.8 Å². The third-order valence-corrected chi connectivity index (χ3v) is 1.91. The van der Waals surface area contributed by atoms with Crippen molar-refractivity contribution in [2.75, 3.05) is 0 Å². The molecule has 1 aromatic carbocycles. The molecular weight excluding hydrogens is 222 g/mol. The first kappa shape index (κ1) is 11.9. The summed E-state index contributed by atoms with van der Waals surface area (Å²) in [5.41, 5.74) is -2.72. The fourth-order valence-electron chi connectivity index (χ4n) is 1.27. The molecule has 0 amide bonds. The lowest BCUT2D eigenvalue weighted by atomic mass is 10.0. The molecule has 0 fully saturated rings. The van der Waals surface area contributed by atoms with Crippen LogP contribution < -0.4 is 0 Å². The summed E-state index contributed by atoms with van der Waals surface area (Å²) >= 11 is 0. The van der Waals surface area contributed by atoms with Crippen molar-refractivity contribution >= 4 is 0 Å². The molecule has 0 saturated heterocycles. The molecule has 0 saturated carbocycles. The topological polar surface area (TPSA) is 0 Å². The first-order valence-corrected chi connectivity index (χ1v) is 4.02. The molecule has 15 heavy (non-hydrogen) atoms. The quantitative estimate of drug-likeness (QED) is 0.508. The Morgan fingerprint density at radius 3 is 2.00 bits per heavy atom. The standard InChI is InChI=1S/C9H6F6/c1-2-4-5(10)3-6(11)8(12)7(4)9(13,14)15/h3H,2H2,1H3. The first-order chi connectivity index (χ1) is 6.79. The maximum atomic E-state index is 12.9. The van der Waals surface area contributed by atoms with E-state index in [1.165, 1.54) is 6.92 Å². The fraction of sp³-hybridized carbons (Fsp3) is 0.333. The lowest BCUT2D eigenvalue weighted by Gasteiger charge is -2.13. The highest BCUT2D eigenvalue weighted by Gasteiger charge is 2.39. The van der Waals surface area contributed by atoms with Gasteiger partial charge in [0.1, 0.15) is 11.4 Å². The van der Waals surface area contributed by atoms with Gasteiger partial charge in [-0.25, -0.2) is 13.2 Å². The molecule has 1 aromatic rings. The average molecular weight is 228 g/mol. The van der Waals surface area contributed by atoms with Crippen LogP contribution in [0, 0.1) is 17.5 Å². The minimum atomic E-state index is -5.10. The van der Waals surface area contributed by atoms with E-state index in [0.29, 0.717) is 0 Å². The van der Waals surface area contributed by atoms with E-state index in [9.17, 15) is 26.3 Å². The van der Waals surface area contributed by atoms with Crippen molar-refractivity contribution in [1.82, 2.24) is 0 Å². The van der Waals surface area contributed by atoms with Crippen molar-refractivity contribution in [3.05, 3.63) is 34.6 Å². The van der Waals surface area contributed by atoms with E-state index in [2.05, 4.69) is 0 Å². The second kappa shape index (κ2) is 3.75. The Balaban J connectivity index is 3.59. The van der Waals surface area contributed by atoms with E-state index in [-0.39, 0.29) is 12.5 Å². The molecule has 0 N–H and O–H groups in total. The van der Waals surface area contributed by atoms with Gasteiger partial charge in [0.15, 0.2) is 11.6 Å². The van der Waals surface area contributed by atoms with Crippen LogP contribution in [-0.2, 0) is 12.6 Å². The van der Waals surface area contributed by atoms with Crippen molar-refractivity contribution in [2.45, 2.75) is 19.5 Å². The molecule has 0 nitrogen and oxygen atoms in total. The summed E-state index contributed by atoms with van der Waals surface area (Å²) in [6.07, 6.45) is -5.46. The van der Waals surface area contributed by atoms with Gasteiger partial charge in [-0.05, 0) is 6.42 Å². The molecule has 1 rings (SSSR count). The minimum Gasteiger partial charge on any atom is -0.207 e. The third-order valence-electron chi connectivity index (χ3n) is 1.91. The fourth-order valence-corrected chi connectivity index (χ4v) is 1.27. The van der Waals surface area contributed by atoms with Gasteiger partial charge < -0.3 is 0 Å². The lowest BCUT2D eigenvalue weighted by Crippen LogP contribution is -2.15. The van der Waals surface area contributed by atoms with Gasteiger partial charge in [-0.1, -0.05) is 6.92 Å². The summed E-state index contributed by atoms with van der Waals surface area (Å²) in [7, 11) is 0. The van der Waals surface area contributed by atoms with Gasteiger partial charge in [0.2, 0.25) is 0 Å². The number of hydrogen-bond donors (Lipinski definition) is 0. The Bertz CT molecular complexity index is 379. The van der Waals surface area contributed by atoms with Gasteiger partial charge in [0, 0.05) is 11.6 Å². The molecule has 0 radical (unpaired) electrons. The average Bonchev–Trinajstić information content (AvgIpc) is 2.08. The van der Waals surface area contributed by atoms with Crippen LogP contribution in [0.2, 0.25) is 0 Å². The van der Waals surface area contributed by atoms with Crippen LogP contribution in [0.3, 0.4) is 0 Å². The van der Waals surface area contributed by atoms with E-state index in [1.807, 2.05) is 0 Å². The van der Waals surface area contributed by atoms with Crippen LogP contribution in [0.4, 0.5) is 26.3 Å². The number of alkyl halides is 3. The van der Waals surface area contributed by atoms with E-state index in [0.717, 1.165) is 0 Å². The van der Waals surface area contributed by atoms with Crippen LogP contribution in [0.5, 0.6) is 0 Å². The van der Waals surface area contributed by atoms with Gasteiger partial charge in [-0.15, -0.1) is 0 Å². The predicted octanol–water partition coefficient (Wildman–Crippen LogP) is 3.69. The molecule has 0 aliphatic rings. The van der Waals surface area contributed by atoms with E-state index in [4.69, 9.17) is 0 Å². The van der Waals surface area contributed by atoms with Crippen molar-refractivity contribution < 1.29 is 26.3 Å². The van der Waals surface area contributed by atoms with Gasteiger partial charge >= 0.3 is 6.18 Å². The summed E-state index contributed by atoms with van der Waals surface area (Å²) in [5, 5.41) is 0. The normalized spacial score (nSPS) is 11.9. The van der Waals surface area contributed by atoms with Crippen molar-refractivity contribution in [2.24, 2.45) is 0 Å². The summed E-state index contributed by atoms with van der Waals surface area (Å²) in [4.78, 5) is 0. The summed E-state index contributed by atoms with van der Waals surface area (Å²) < 4.78 is 75.2. The molecule has 0 atom stereocenters. The second-order valence-corrected chi connectivity index (χ2v) is 2.86. The number of rotatable bonds is 1. The summed E-state index contributed by atoms with van der Waals surface area (Å²) in [5.74, 6) is -5.28. The molecule has 0 bridgehead atoms. The molecule has 6 heteroatoms. The molecule has 84 valence electrons. The first-order valence-electron chi connectivity index (χ1n) is 4.02. The van der Waals surface area contributed by atoms with Crippen LogP contribution in [0.1, 0.15) is 18.1 Å². The van der Waals surface area contributed by atoms with Gasteiger partial charge in [0.25, 0.3) is 0 Å². The second-order valence-electron chi connectivity index (χ2n) is 2.86. The third kappa shape index (κ3) is 2.08. The molecule has 0 aliphatic heterocycles. The largest absolute Gasteiger partial charge is 0.419 e. The monoisotopic (exact) mass is 228 g/mol. The zero-order chi connectivity index (χ0) is 11.8. The summed E-state index contributed by atoms with van der Waals surface area (Å²) in [6.45, 7) is 1.23. The maximum Gasteiger partial charge on any atom is 0.419 e. The van der Waals surface area contributed by atoms with Crippen LogP contribution in [-0.4, -0.2) is 0 Å². The zero-order valence-electron chi connectivity index (χ0n) is 7.55. The molecular formula is C9H6F6. The Morgan fingerprint density at radius 1 is 1.07 bits per heavy atom. The van der Waals surface area contributed by atoms with Crippen LogP contribution in [0.15, 0.2) is 6.07 Å². The summed E-state index contributed by atoms with van der Waals surface area (Å²) in [6, 6.07) is 0.114. The van der Waals surface area contributed by atoms with Gasteiger partial charge in [-0.3, -0.25) is 0 Å². The van der Waals surface area contributed by atoms with E-state index >= 15 is 0 Å². The smallest absolute Gasteiger partial charge is 0.207 e. The zero-order valence-corrected chi connectivity index (χ0v) is 7.55. The maximum absolute atomic E-state index is 12.9. The van der Waals surface area contributed by atoms with Crippen LogP contribution in [0.25, 0.3) is 0 Å². The highest BCUT2D eigenvalue weighted by molar-refractivity contribution is 5.33. The molecule has 0 heterocycles. The van der Waals surface area contributed by atoms with Crippen molar-refractivity contribution in [1.29, 1.82) is 0 Å². The molecule has 0 aliphatic carbocycles. The Kier molecular flexibility index (Phi) is 2.97. The predicted molar refractivity (Wildman–Crippen MR) is 40.7 cm³/mol. The van der Waals surface area contributed by atoms with Gasteiger partial charge in [-0.2, -0.15) is 13.2 Å². The Morgan fingerprint density at radius 2 is 1.60 bits per heavy atom. The van der Waals surface area contributed by atoms with Crippen LogP contribution >= 0.6 is 0 Å². The highest BCUT2D eigenvalue weighted by atomic mass is 19.4. The molecule has 0 unspecified atom stereocenters. The van der Waals surface area contributed by atoms with Crippen molar-refractivity contribution in [3.8, 4) is 0 Å².